The van der Waals surface area contributed by atoms with Crippen molar-refractivity contribution in [1.29, 1.82) is 0 Å². The van der Waals surface area contributed by atoms with E-state index in [1.165, 1.54) is 17.3 Å². The van der Waals surface area contributed by atoms with E-state index in [-0.39, 0.29) is 17.0 Å². The SMILES string of the molecule is Cc1cc(C)c(C(=O)C(C)Sc2nnc(C(C)C)n2Cc2ccco2)cc1C. The van der Waals surface area contributed by atoms with Gasteiger partial charge in [0.2, 0.25) is 0 Å². The Kier molecular flexibility index (Phi) is 6.08. The standard InChI is InChI=1S/C22H27N3O2S/c1-13(2)21-23-24-22(25(21)12-18-8-7-9-27-18)28-17(6)20(26)19-11-15(4)14(3)10-16(19)5/h7-11,13,17H,12H2,1-6H3. The fourth-order valence-electron chi connectivity index (χ4n) is 3.18. The summed E-state index contributed by atoms with van der Waals surface area (Å²) >= 11 is 1.45. The van der Waals surface area contributed by atoms with E-state index < -0.39 is 0 Å². The van der Waals surface area contributed by atoms with Crippen molar-refractivity contribution in [3.05, 3.63) is 64.4 Å². The molecule has 2 aromatic heterocycles. The van der Waals surface area contributed by atoms with Gasteiger partial charge >= 0.3 is 0 Å². The van der Waals surface area contributed by atoms with Crippen molar-refractivity contribution >= 4 is 17.5 Å². The number of Topliss-reactive ketones (excluding diaryl/α,β-unsaturated/α-hetero) is 1. The van der Waals surface area contributed by atoms with Crippen LogP contribution in [0.15, 0.2) is 40.1 Å². The number of thioether (sulfide) groups is 1. The van der Waals surface area contributed by atoms with Crippen molar-refractivity contribution in [3.63, 3.8) is 0 Å². The van der Waals surface area contributed by atoms with E-state index in [4.69, 9.17) is 4.42 Å². The Morgan fingerprint density at radius 2 is 1.82 bits per heavy atom. The van der Waals surface area contributed by atoms with Gasteiger partial charge in [0.05, 0.1) is 18.1 Å². The van der Waals surface area contributed by atoms with Crippen molar-refractivity contribution in [2.45, 2.75) is 64.4 Å². The van der Waals surface area contributed by atoms with Crippen LogP contribution in [0.3, 0.4) is 0 Å². The van der Waals surface area contributed by atoms with Gasteiger partial charge < -0.3 is 4.42 Å². The highest BCUT2D eigenvalue weighted by Gasteiger charge is 2.24. The number of carbonyl (C=O) groups is 1. The van der Waals surface area contributed by atoms with Crippen molar-refractivity contribution < 1.29 is 9.21 Å². The number of furan rings is 1. The number of hydrogen-bond donors (Lipinski definition) is 0. The Labute approximate surface area is 170 Å². The number of aromatic nitrogens is 3. The van der Waals surface area contributed by atoms with Gasteiger partial charge in [-0.2, -0.15) is 0 Å². The minimum Gasteiger partial charge on any atom is -0.467 e. The Bertz CT molecular complexity index is 974. The van der Waals surface area contributed by atoms with E-state index in [1.54, 1.807) is 6.26 Å². The minimum absolute atomic E-state index is 0.115. The highest BCUT2D eigenvalue weighted by molar-refractivity contribution is 8.00. The first-order valence-electron chi connectivity index (χ1n) is 9.52. The molecule has 0 saturated carbocycles. The summed E-state index contributed by atoms with van der Waals surface area (Å²) in [5.74, 6) is 2.07. The van der Waals surface area contributed by atoms with Crippen LogP contribution in [0.1, 0.15) is 65.3 Å². The van der Waals surface area contributed by atoms with Crippen LogP contribution in [0.2, 0.25) is 0 Å². The van der Waals surface area contributed by atoms with E-state index in [2.05, 4.69) is 37.0 Å². The lowest BCUT2D eigenvalue weighted by Crippen LogP contribution is -2.17. The Hall–Kier alpha value is -2.34. The summed E-state index contributed by atoms with van der Waals surface area (Å²) in [5.41, 5.74) is 4.13. The van der Waals surface area contributed by atoms with Gasteiger partial charge in [-0.3, -0.25) is 9.36 Å². The van der Waals surface area contributed by atoms with E-state index in [0.717, 1.165) is 33.4 Å². The molecule has 0 fully saturated rings. The summed E-state index contributed by atoms with van der Waals surface area (Å²) in [6.45, 7) is 12.8. The van der Waals surface area contributed by atoms with Crippen molar-refractivity contribution in [2.75, 3.05) is 0 Å². The molecule has 0 N–H and O–H groups in total. The van der Waals surface area contributed by atoms with Gasteiger partial charge in [0, 0.05) is 11.5 Å². The van der Waals surface area contributed by atoms with E-state index in [9.17, 15) is 4.79 Å². The molecular weight excluding hydrogens is 370 g/mol. The molecule has 3 rings (SSSR count). The minimum atomic E-state index is -0.264. The summed E-state index contributed by atoms with van der Waals surface area (Å²) in [6, 6.07) is 7.88. The average molecular weight is 398 g/mol. The lowest BCUT2D eigenvalue weighted by molar-refractivity contribution is 0.0993. The predicted octanol–water partition coefficient (Wildman–Crippen LogP) is 5.33. The van der Waals surface area contributed by atoms with Crippen LogP contribution in [0.4, 0.5) is 0 Å². The molecule has 1 aromatic carbocycles. The first kappa shape index (κ1) is 20.4. The van der Waals surface area contributed by atoms with E-state index in [0.29, 0.717) is 6.54 Å². The molecule has 5 nitrogen and oxygen atoms in total. The maximum atomic E-state index is 13.1. The largest absolute Gasteiger partial charge is 0.467 e. The summed E-state index contributed by atoms with van der Waals surface area (Å²) in [6.07, 6.45) is 1.66. The van der Waals surface area contributed by atoms with Gasteiger partial charge in [0.1, 0.15) is 11.6 Å². The third kappa shape index (κ3) is 4.22. The van der Waals surface area contributed by atoms with Crippen molar-refractivity contribution in [1.82, 2.24) is 14.8 Å². The zero-order valence-electron chi connectivity index (χ0n) is 17.3. The van der Waals surface area contributed by atoms with Gasteiger partial charge in [0.15, 0.2) is 10.9 Å². The molecule has 0 amide bonds. The quantitative estimate of drug-likeness (QED) is 0.398. The highest BCUT2D eigenvalue weighted by Crippen LogP contribution is 2.29. The Balaban J connectivity index is 1.87. The maximum Gasteiger partial charge on any atom is 0.192 e. The number of carbonyl (C=O) groups excluding carboxylic acids is 1. The van der Waals surface area contributed by atoms with Crippen LogP contribution in [-0.4, -0.2) is 25.8 Å². The molecule has 28 heavy (non-hydrogen) atoms. The summed E-state index contributed by atoms with van der Waals surface area (Å²) in [5, 5.41) is 9.21. The smallest absolute Gasteiger partial charge is 0.192 e. The zero-order valence-corrected chi connectivity index (χ0v) is 18.1. The van der Waals surface area contributed by atoms with Crippen molar-refractivity contribution in [3.8, 4) is 0 Å². The third-order valence-electron chi connectivity index (χ3n) is 4.91. The normalized spacial score (nSPS) is 12.5. The average Bonchev–Trinajstić information content (AvgIpc) is 3.28. The number of hydrogen-bond acceptors (Lipinski definition) is 5. The van der Waals surface area contributed by atoms with E-state index in [1.807, 2.05) is 43.5 Å². The molecule has 6 heteroatoms. The maximum absolute atomic E-state index is 13.1. The van der Waals surface area contributed by atoms with Crippen LogP contribution in [0, 0.1) is 20.8 Å². The number of aryl methyl sites for hydroxylation is 3. The second-order valence-corrected chi connectivity index (χ2v) is 8.84. The molecule has 1 atom stereocenters. The molecule has 0 aliphatic carbocycles. The molecule has 1 unspecified atom stereocenters. The van der Waals surface area contributed by atoms with Crippen LogP contribution in [0.25, 0.3) is 0 Å². The first-order valence-corrected chi connectivity index (χ1v) is 10.4. The molecule has 0 saturated heterocycles. The monoisotopic (exact) mass is 397 g/mol. The predicted molar refractivity (Wildman–Crippen MR) is 112 cm³/mol. The zero-order chi connectivity index (χ0) is 20.4. The molecule has 0 bridgehead atoms. The molecule has 3 aromatic rings. The van der Waals surface area contributed by atoms with Gasteiger partial charge in [0.25, 0.3) is 0 Å². The van der Waals surface area contributed by atoms with E-state index >= 15 is 0 Å². The number of nitrogens with zero attached hydrogens (tertiary/aromatic N) is 3. The van der Waals surface area contributed by atoms with Crippen LogP contribution in [0.5, 0.6) is 0 Å². The number of benzene rings is 1. The summed E-state index contributed by atoms with van der Waals surface area (Å²) < 4.78 is 7.55. The first-order chi connectivity index (χ1) is 13.3. The van der Waals surface area contributed by atoms with Gasteiger partial charge in [-0.15, -0.1) is 10.2 Å². The van der Waals surface area contributed by atoms with Crippen LogP contribution < -0.4 is 0 Å². The Morgan fingerprint density at radius 1 is 1.11 bits per heavy atom. The van der Waals surface area contributed by atoms with Crippen LogP contribution in [-0.2, 0) is 6.54 Å². The fraction of sp³-hybridized carbons (Fsp3) is 0.409. The Morgan fingerprint density at radius 3 is 2.46 bits per heavy atom. The highest BCUT2D eigenvalue weighted by atomic mass is 32.2. The molecule has 2 heterocycles. The molecule has 148 valence electrons. The number of rotatable bonds is 7. The second-order valence-electron chi connectivity index (χ2n) is 7.54. The van der Waals surface area contributed by atoms with Gasteiger partial charge in [-0.05, 0) is 62.6 Å². The van der Waals surface area contributed by atoms with Gasteiger partial charge in [-0.1, -0.05) is 31.7 Å². The molecular formula is C22H27N3O2S. The van der Waals surface area contributed by atoms with Crippen LogP contribution >= 0.6 is 11.8 Å². The van der Waals surface area contributed by atoms with Gasteiger partial charge in [-0.25, -0.2) is 0 Å². The number of ketones is 1. The lowest BCUT2D eigenvalue weighted by atomic mass is 9.97. The molecule has 0 radical (unpaired) electrons. The molecule has 0 aliphatic rings. The lowest BCUT2D eigenvalue weighted by Gasteiger charge is -2.15. The third-order valence-corrected chi connectivity index (χ3v) is 5.99. The molecule has 0 aliphatic heterocycles. The van der Waals surface area contributed by atoms with Crippen molar-refractivity contribution in [2.24, 2.45) is 0 Å². The topological polar surface area (TPSA) is 60.9 Å². The summed E-state index contributed by atoms with van der Waals surface area (Å²) in [4.78, 5) is 13.1. The second kappa shape index (κ2) is 8.35. The molecule has 0 spiro atoms. The fourth-order valence-corrected chi connectivity index (χ4v) is 4.10. The summed E-state index contributed by atoms with van der Waals surface area (Å²) in [7, 11) is 0.